The third kappa shape index (κ3) is 4.00. The Morgan fingerprint density at radius 2 is 2.17 bits per heavy atom. The fraction of sp³-hybridized carbons (Fsp3) is 0.389. The van der Waals surface area contributed by atoms with E-state index in [0.29, 0.717) is 25.8 Å². The molecular formula is C18H21N3O2S. The van der Waals surface area contributed by atoms with Crippen LogP contribution in [0.5, 0.6) is 0 Å². The first-order valence-corrected chi connectivity index (χ1v) is 9.12. The van der Waals surface area contributed by atoms with Gasteiger partial charge in [-0.2, -0.15) is 0 Å². The van der Waals surface area contributed by atoms with Crippen molar-refractivity contribution >= 4 is 28.8 Å². The van der Waals surface area contributed by atoms with E-state index in [2.05, 4.69) is 10.3 Å². The number of aromatic nitrogens is 1. The average Bonchev–Trinajstić information content (AvgIpc) is 3.09. The van der Waals surface area contributed by atoms with E-state index in [0.717, 1.165) is 23.4 Å². The van der Waals surface area contributed by atoms with Crippen molar-refractivity contribution in [3.63, 3.8) is 0 Å². The molecule has 24 heavy (non-hydrogen) atoms. The molecule has 2 amide bonds. The zero-order chi connectivity index (χ0) is 16.9. The van der Waals surface area contributed by atoms with Crippen molar-refractivity contribution in [2.75, 3.05) is 11.4 Å². The highest BCUT2D eigenvalue weighted by Crippen LogP contribution is 2.21. The third-order valence-electron chi connectivity index (χ3n) is 4.21. The van der Waals surface area contributed by atoms with E-state index < -0.39 is 6.04 Å². The Bertz CT molecular complexity index is 698. The number of nitrogens with one attached hydrogen (secondary N) is 1. The molecule has 1 saturated heterocycles. The number of aryl methyl sites for hydroxylation is 2. The number of rotatable bonds is 5. The minimum Gasteiger partial charge on any atom is -0.344 e. The highest BCUT2D eigenvalue weighted by atomic mass is 32.1. The van der Waals surface area contributed by atoms with Crippen LogP contribution >= 0.6 is 11.3 Å². The molecule has 0 radical (unpaired) electrons. The highest BCUT2D eigenvalue weighted by molar-refractivity contribution is 7.07. The summed E-state index contributed by atoms with van der Waals surface area (Å²) in [7, 11) is 0. The molecule has 0 aliphatic carbocycles. The first-order chi connectivity index (χ1) is 11.6. The van der Waals surface area contributed by atoms with Gasteiger partial charge in [0.05, 0.1) is 11.2 Å². The molecule has 6 heteroatoms. The molecule has 0 spiro atoms. The van der Waals surface area contributed by atoms with Gasteiger partial charge in [-0.05, 0) is 38.3 Å². The lowest BCUT2D eigenvalue weighted by molar-refractivity contribution is -0.128. The molecule has 1 fully saturated rings. The Morgan fingerprint density at radius 1 is 1.38 bits per heavy atom. The van der Waals surface area contributed by atoms with Crippen LogP contribution in [0.25, 0.3) is 0 Å². The Balaban J connectivity index is 1.58. The van der Waals surface area contributed by atoms with Gasteiger partial charge in [0.15, 0.2) is 0 Å². The number of amides is 2. The summed E-state index contributed by atoms with van der Waals surface area (Å²) in [5, 5.41) is 4.83. The van der Waals surface area contributed by atoms with E-state index in [-0.39, 0.29) is 11.8 Å². The second kappa shape index (κ2) is 7.57. The second-order valence-electron chi connectivity index (χ2n) is 6.07. The molecule has 1 atom stereocenters. The molecule has 1 aliphatic heterocycles. The predicted octanol–water partition coefficient (Wildman–Crippen LogP) is 2.70. The first-order valence-electron chi connectivity index (χ1n) is 8.18. The van der Waals surface area contributed by atoms with Gasteiger partial charge in [-0.3, -0.25) is 9.59 Å². The quantitative estimate of drug-likeness (QED) is 0.908. The van der Waals surface area contributed by atoms with Crippen molar-refractivity contribution < 1.29 is 9.59 Å². The number of hydrogen-bond donors (Lipinski definition) is 1. The van der Waals surface area contributed by atoms with Gasteiger partial charge >= 0.3 is 0 Å². The molecule has 1 aromatic heterocycles. The molecule has 5 nitrogen and oxygen atoms in total. The SMILES string of the molecule is Cc1ccc(N2CCC[C@H](NC(=O)CCc3cscn3)C2=O)cc1. The monoisotopic (exact) mass is 343 g/mol. The maximum atomic E-state index is 12.7. The molecule has 1 aliphatic rings. The van der Waals surface area contributed by atoms with E-state index in [4.69, 9.17) is 0 Å². The van der Waals surface area contributed by atoms with Gasteiger partial charge in [-0.15, -0.1) is 11.3 Å². The van der Waals surface area contributed by atoms with E-state index in [1.807, 2.05) is 36.6 Å². The summed E-state index contributed by atoms with van der Waals surface area (Å²) in [6.45, 7) is 2.72. The fourth-order valence-electron chi connectivity index (χ4n) is 2.86. The number of anilines is 1. The number of thiazole rings is 1. The summed E-state index contributed by atoms with van der Waals surface area (Å²) in [6, 6.07) is 7.49. The molecule has 1 aromatic carbocycles. The largest absolute Gasteiger partial charge is 0.344 e. The Labute approximate surface area is 145 Å². The summed E-state index contributed by atoms with van der Waals surface area (Å²) >= 11 is 1.52. The van der Waals surface area contributed by atoms with Crippen LogP contribution in [0.4, 0.5) is 5.69 Å². The van der Waals surface area contributed by atoms with Crippen molar-refractivity contribution in [3.05, 3.63) is 46.4 Å². The topological polar surface area (TPSA) is 62.3 Å². The van der Waals surface area contributed by atoms with Crippen molar-refractivity contribution in [1.82, 2.24) is 10.3 Å². The summed E-state index contributed by atoms with van der Waals surface area (Å²) in [4.78, 5) is 30.8. The van der Waals surface area contributed by atoms with Crippen LogP contribution in [-0.2, 0) is 16.0 Å². The predicted molar refractivity (Wildman–Crippen MR) is 95.1 cm³/mol. The smallest absolute Gasteiger partial charge is 0.249 e. The Hall–Kier alpha value is -2.21. The number of carbonyl (C=O) groups excluding carboxylic acids is 2. The fourth-order valence-corrected chi connectivity index (χ4v) is 3.45. The Kier molecular flexibility index (Phi) is 5.25. The van der Waals surface area contributed by atoms with Crippen LogP contribution in [0.2, 0.25) is 0 Å². The van der Waals surface area contributed by atoms with E-state index >= 15 is 0 Å². The van der Waals surface area contributed by atoms with Crippen LogP contribution in [0.1, 0.15) is 30.5 Å². The van der Waals surface area contributed by atoms with Gasteiger partial charge in [0.2, 0.25) is 11.8 Å². The van der Waals surface area contributed by atoms with Crippen LogP contribution in [0, 0.1) is 6.92 Å². The van der Waals surface area contributed by atoms with Gasteiger partial charge in [0.25, 0.3) is 0 Å². The zero-order valence-electron chi connectivity index (χ0n) is 13.7. The number of piperidine rings is 1. The number of carbonyl (C=O) groups is 2. The minimum absolute atomic E-state index is 0.0212. The molecule has 2 aromatic rings. The van der Waals surface area contributed by atoms with E-state index in [9.17, 15) is 9.59 Å². The van der Waals surface area contributed by atoms with Gasteiger partial charge in [0.1, 0.15) is 6.04 Å². The summed E-state index contributed by atoms with van der Waals surface area (Å²) in [6.07, 6.45) is 2.55. The van der Waals surface area contributed by atoms with Crippen molar-refractivity contribution in [3.8, 4) is 0 Å². The molecule has 0 saturated carbocycles. The first kappa shape index (κ1) is 16.6. The second-order valence-corrected chi connectivity index (χ2v) is 6.79. The van der Waals surface area contributed by atoms with E-state index in [1.54, 1.807) is 10.4 Å². The molecule has 0 unspecified atom stereocenters. The van der Waals surface area contributed by atoms with Gasteiger partial charge in [-0.25, -0.2) is 4.98 Å². The number of nitrogens with zero attached hydrogens (tertiary/aromatic N) is 2. The molecule has 3 rings (SSSR count). The van der Waals surface area contributed by atoms with Crippen LogP contribution in [-0.4, -0.2) is 29.4 Å². The van der Waals surface area contributed by atoms with Crippen molar-refractivity contribution in [1.29, 1.82) is 0 Å². The minimum atomic E-state index is -0.428. The maximum Gasteiger partial charge on any atom is 0.249 e. The number of hydrogen-bond acceptors (Lipinski definition) is 4. The zero-order valence-corrected chi connectivity index (χ0v) is 14.5. The average molecular weight is 343 g/mol. The molecule has 126 valence electrons. The van der Waals surface area contributed by atoms with Crippen LogP contribution in [0.15, 0.2) is 35.2 Å². The van der Waals surface area contributed by atoms with Gasteiger partial charge in [0, 0.05) is 24.0 Å². The lowest BCUT2D eigenvalue weighted by atomic mass is 10.0. The lowest BCUT2D eigenvalue weighted by Crippen LogP contribution is -2.52. The molecular weight excluding hydrogens is 322 g/mol. The summed E-state index contributed by atoms with van der Waals surface area (Å²) in [5.41, 5.74) is 4.74. The highest BCUT2D eigenvalue weighted by Gasteiger charge is 2.30. The van der Waals surface area contributed by atoms with Crippen molar-refractivity contribution in [2.45, 2.75) is 38.6 Å². The third-order valence-corrected chi connectivity index (χ3v) is 4.85. The Morgan fingerprint density at radius 3 is 2.88 bits per heavy atom. The van der Waals surface area contributed by atoms with Gasteiger partial charge < -0.3 is 10.2 Å². The summed E-state index contributed by atoms with van der Waals surface area (Å²) in [5.74, 6) is -0.112. The van der Waals surface area contributed by atoms with Crippen molar-refractivity contribution in [2.24, 2.45) is 0 Å². The standard InChI is InChI=1S/C18H21N3O2S/c1-13-4-7-15(8-5-13)21-10-2-3-16(18(21)23)20-17(22)9-6-14-11-24-12-19-14/h4-5,7-8,11-12,16H,2-3,6,9-10H2,1H3,(H,20,22)/t16-/m0/s1. The maximum absolute atomic E-state index is 12.7. The lowest BCUT2D eigenvalue weighted by Gasteiger charge is -2.32. The normalized spacial score (nSPS) is 17.8. The summed E-state index contributed by atoms with van der Waals surface area (Å²) < 4.78 is 0. The van der Waals surface area contributed by atoms with Crippen LogP contribution < -0.4 is 10.2 Å². The molecule has 1 N–H and O–H groups in total. The number of benzene rings is 1. The molecule has 0 bridgehead atoms. The molecule has 2 heterocycles. The van der Waals surface area contributed by atoms with Gasteiger partial charge in [-0.1, -0.05) is 17.7 Å². The van der Waals surface area contributed by atoms with Crippen LogP contribution in [0.3, 0.4) is 0 Å². The van der Waals surface area contributed by atoms with E-state index in [1.165, 1.54) is 11.3 Å².